The molecule has 0 saturated carbocycles. The Morgan fingerprint density at radius 1 is 1.11 bits per heavy atom. The van der Waals surface area contributed by atoms with Crippen molar-refractivity contribution in [3.05, 3.63) is 69.7 Å². The van der Waals surface area contributed by atoms with Gasteiger partial charge in [-0.1, -0.05) is 73.4 Å². The summed E-state index contributed by atoms with van der Waals surface area (Å²) in [5, 5.41) is 3.97. The summed E-state index contributed by atoms with van der Waals surface area (Å²) in [5.41, 5.74) is 8.53. The molecule has 0 unspecified atom stereocenters. The number of fused-ring (bicyclic) bond motifs is 1. The van der Waals surface area contributed by atoms with Crippen molar-refractivity contribution in [1.29, 1.82) is 0 Å². The molecule has 0 bridgehead atoms. The summed E-state index contributed by atoms with van der Waals surface area (Å²) in [5.74, 6) is 0.155. The second kappa shape index (κ2) is 12.6. The molecule has 37 heavy (non-hydrogen) atoms. The van der Waals surface area contributed by atoms with E-state index in [0.29, 0.717) is 36.0 Å². The molecule has 4 rings (SSSR count). The van der Waals surface area contributed by atoms with Gasteiger partial charge in [-0.2, -0.15) is 0 Å². The molecule has 0 spiro atoms. The highest BCUT2D eigenvalue weighted by molar-refractivity contribution is 6.42. The van der Waals surface area contributed by atoms with Crippen LogP contribution in [-0.2, 0) is 22.6 Å². The summed E-state index contributed by atoms with van der Waals surface area (Å²) >= 11 is 12.2. The quantitative estimate of drug-likeness (QED) is 0.481. The zero-order chi connectivity index (χ0) is 26.5. The Bertz CT molecular complexity index is 1080. The molecular weight excluding hydrogens is 507 g/mol. The normalized spacial score (nSPS) is 23.1. The van der Waals surface area contributed by atoms with Gasteiger partial charge < -0.3 is 16.0 Å². The second-order valence-electron chi connectivity index (χ2n) is 10.8. The van der Waals surface area contributed by atoms with E-state index in [-0.39, 0.29) is 35.9 Å². The molecule has 2 aromatic rings. The van der Waals surface area contributed by atoms with E-state index in [4.69, 9.17) is 28.9 Å². The predicted octanol–water partition coefficient (Wildman–Crippen LogP) is 4.66. The Labute approximate surface area is 230 Å². The fraction of sp³-hybridized carbons (Fsp3) is 0.517. The summed E-state index contributed by atoms with van der Waals surface area (Å²) in [6, 6.07) is 15.2. The first-order chi connectivity index (χ1) is 17.7. The van der Waals surface area contributed by atoms with Crippen LogP contribution in [0.4, 0.5) is 0 Å². The number of nitrogens with two attached hydrogens (primary N) is 1. The lowest BCUT2D eigenvalue weighted by Gasteiger charge is -2.33. The molecule has 2 aliphatic heterocycles. The average molecular weight is 546 g/mol. The summed E-state index contributed by atoms with van der Waals surface area (Å²) < 4.78 is 0. The third-order valence-electron chi connectivity index (χ3n) is 7.55. The highest BCUT2D eigenvalue weighted by Crippen LogP contribution is 2.30. The van der Waals surface area contributed by atoms with Crippen molar-refractivity contribution in [1.82, 2.24) is 15.1 Å². The summed E-state index contributed by atoms with van der Waals surface area (Å²) in [4.78, 5) is 31.6. The topological polar surface area (TPSA) is 78.7 Å². The molecular formula is C29H38Cl2N4O2. The van der Waals surface area contributed by atoms with Gasteiger partial charge in [-0.05, 0) is 61.3 Å². The number of aryl methyl sites for hydroxylation is 1. The Hall–Kier alpha value is -2.12. The SMILES string of the molecule is CC(C)C[C@H](C(=O)NCc1ccc(Cl)c(Cl)c1)N1CC[C@@H](CCc2ccccc2)N2C[C@H](N)C[C@H]2C1=O. The van der Waals surface area contributed by atoms with Crippen molar-refractivity contribution < 1.29 is 9.59 Å². The van der Waals surface area contributed by atoms with E-state index < -0.39 is 6.04 Å². The van der Waals surface area contributed by atoms with Gasteiger partial charge in [0, 0.05) is 31.7 Å². The fourth-order valence-corrected chi connectivity index (χ4v) is 5.99. The first-order valence-electron chi connectivity index (χ1n) is 13.3. The standard InChI is InChI=1S/C29H38Cl2N4O2/c1-19(2)14-26(28(36)33-17-21-9-11-24(30)25(31)15-21)34-13-12-23(10-8-20-6-4-3-5-7-20)35-18-22(32)16-27(35)29(34)37/h3-7,9,11,15,19,22-23,26-27H,8,10,12-14,16-18,32H2,1-2H3,(H,33,36)/t22-,23-,26-,27+/m1/s1. The molecule has 2 amide bonds. The van der Waals surface area contributed by atoms with Gasteiger partial charge in [0.15, 0.2) is 0 Å². The molecule has 0 aromatic heterocycles. The van der Waals surface area contributed by atoms with Gasteiger partial charge in [-0.3, -0.25) is 14.5 Å². The van der Waals surface area contributed by atoms with Crippen LogP contribution in [-0.4, -0.2) is 58.9 Å². The van der Waals surface area contributed by atoms with Crippen molar-refractivity contribution in [3.8, 4) is 0 Å². The van der Waals surface area contributed by atoms with Gasteiger partial charge in [-0.25, -0.2) is 0 Å². The van der Waals surface area contributed by atoms with Crippen LogP contribution >= 0.6 is 23.2 Å². The number of rotatable bonds is 9. The number of benzene rings is 2. The van der Waals surface area contributed by atoms with Crippen LogP contribution in [0.1, 0.15) is 50.7 Å². The molecule has 4 atom stereocenters. The molecule has 200 valence electrons. The second-order valence-corrected chi connectivity index (χ2v) is 11.6. The summed E-state index contributed by atoms with van der Waals surface area (Å²) in [6.07, 6.45) is 3.99. The van der Waals surface area contributed by atoms with Crippen molar-refractivity contribution in [2.45, 2.75) is 76.7 Å². The maximum absolute atomic E-state index is 13.9. The molecule has 8 heteroatoms. The van der Waals surface area contributed by atoms with E-state index in [1.165, 1.54) is 5.56 Å². The molecule has 2 fully saturated rings. The van der Waals surface area contributed by atoms with Gasteiger partial charge in [0.25, 0.3) is 0 Å². The van der Waals surface area contributed by atoms with Crippen molar-refractivity contribution in [3.63, 3.8) is 0 Å². The van der Waals surface area contributed by atoms with Gasteiger partial charge in [0.1, 0.15) is 6.04 Å². The number of hydrogen-bond acceptors (Lipinski definition) is 4. The fourth-order valence-electron chi connectivity index (χ4n) is 5.67. The van der Waals surface area contributed by atoms with Crippen LogP contribution in [0.5, 0.6) is 0 Å². The summed E-state index contributed by atoms with van der Waals surface area (Å²) in [7, 11) is 0. The third kappa shape index (κ3) is 7.05. The number of nitrogens with one attached hydrogen (secondary N) is 1. The van der Waals surface area contributed by atoms with Crippen molar-refractivity contribution in [2.24, 2.45) is 11.7 Å². The molecule has 0 radical (unpaired) electrons. The number of hydrogen-bond donors (Lipinski definition) is 2. The van der Waals surface area contributed by atoms with E-state index >= 15 is 0 Å². The van der Waals surface area contributed by atoms with Gasteiger partial charge in [-0.15, -0.1) is 0 Å². The van der Waals surface area contributed by atoms with Gasteiger partial charge in [0.05, 0.1) is 16.1 Å². The van der Waals surface area contributed by atoms with Gasteiger partial charge in [0.2, 0.25) is 11.8 Å². The third-order valence-corrected chi connectivity index (χ3v) is 8.28. The molecule has 2 aromatic carbocycles. The molecule has 0 aliphatic carbocycles. The van der Waals surface area contributed by atoms with Crippen LogP contribution in [0.3, 0.4) is 0 Å². The minimum Gasteiger partial charge on any atom is -0.350 e. The van der Waals surface area contributed by atoms with E-state index in [9.17, 15) is 9.59 Å². The first kappa shape index (κ1) is 27.9. The highest BCUT2D eigenvalue weighted by atomic mass is 35.5. The minimum atomic E-state index is -0.526. The average Bonchev–Trinajstić information content (AvgIpc) is 3.22. The minimum absolute atomic E-state index is 0.0276. The number of carbonyl (C=O) groups excluding carboxylic acids is 2. The van der Waals surface area contributed by atoms with Crippen LogP contribution in [0.25, 0.3) is 0 Å². The highest BCUT2D eigenvalue weighted by Gasteiger charge is 2.45. The lowest BCUT2D eigenvalue weighted by Crippen LogP contribution is -2.53. The van der Waals surface area contributed by atoms with Crippen LogP contribution in [0, 0.1) is 5.92 Å². The Morgan fingerprint density at radius 2 is 1.86 bits per heavy atom. The van der Waals surface area contributed by atoms with Crippen molar-refractivity contribution in [2.75, 3.05) is 13.1 Å². The molecule has 6 nitrogen and oxygen atoms in total. The number of nitrogens with zero attached hydrogens (tertiary/aromatic N) is 2. The Morgan fingerprint density at radius 3 is 2.57 bits per heavy atom. The molecule has 3 N–H and O–H groups in total. The monoisotopic (exact) mass is 544 g/mol. The van der Waals surface area contributed by atoms with Crippen LogP contribution in [0.15, 0.2) is 48.5 Å². The Kier molecular flexibility index (Phi) is 9.51. The van der Waals surface area contributed by atoms with Crippen LogP contribution in [0.2, 0.25) is 10.0 Å². The lowest BCUT2D eigenvalue weighted by atomic mass is 9.99. The summed E-state index contributed by atoms with van der Waals surface area (Å²) in [6.45, 7) is 5.79. The molecule has 2 saturated heterocycles. The smallest absolute Gasteiger partial charge is 0.243 e. The van der Waals surface area contributed by atoms with Gasteiger partial charge >= 0.3 is 0 Å². The number of amides is 2. The van der Waals surface area contributed by atoms with E-state index in [2.05, 4.69) is 48.3 Å². The molecule has 2 aliphatic rings. The zero-order valence-electron chi connectivity index (χ0n) is 21.7. The maximum Gasteiger partial charge on any atom is 0.243 e. The Balaban J connectivity index is 1.50. The zero-order valence-corrected chi connectivity index (χ0v) is 23.2. The van der Waals surface area contributed by atoms with E-state index in [1.54, 1.807) is 12.1 Å². The van der Waals surface area contributed by atoms with Crippen molar-refractivity contribution >= 4 is 35.0 Å². The largest absolute Gasteiger partial charge is 0.350 e. The predicted molar refractivity (Wildman–Crippen MR) is 150 cm³/mol. The van der Waals surface area contributed by atoms with Crippen LogP contribution < -0.4 is 11.1 Å². The number of halogens is 2. The van der Waals surface area contributed by atoms with E-state index in [0.717, 1.165) is 31.4 Å². The molecule has 2 heterocycles. The number of carbonyl (C=O) groups is 2. The first-order valence-corrected chi connectivity index (χ1v) is 14.1. The maximum atomic E-state index is 13.9. The van der Waals surface area contributed by atoms with E-state index in [1.807, 2.05) is 17.0 Å². The lowest BCUT2D eigenvalue weighted by molar-refractivity contribution is -0.143.